The van der Waals surface area contributed by atoms with Crippen molar-refractivity contribution in [3.8, 4) is 0 Å². The third-order valence-corrected chi connectivity index (χ3v) is 5.00. The van der Waals surface area contributed by atoms with E-state index in [4.69, 9.17) is 11.6 Å². The topological polar surface area (TPSA) is 49.4 Å². The largest absolute Gasteiger partial charge is 0.352 e. The Hall–Kier alpha value is -2.33. The molecule has 0 heterocycles. The maximum Gasteiger partial charge on any atom is 0.242 e. The monoisotopic (exact) mass is 400 g/mol. The number of amides is 2. The number of carbonyl (C=O) groups is 2. The summed E-state index contributed by atoms with van der Waals surface area (Å²) >= 11 is 6.10. The molecule has 0 radical (unpaired) electrons. The minimum absolute atomic E-state index is 0.0119. The highest BCUT2D eigenvalue weighted by Gasteiger charge is 2.26. The zero-order chi connectivity index (χ0) is 20.8. The van der Waals surface area contributed by atoms with Gasteiger partial charge in [0.1, 0.15) is 6.04 Å². The van der Waals surface area contributed by atoms with Crippen LogP contribution >= 0.6 is 11.6 Å². The van der Waals surface area contributed by atoms with E-state index in [1.165, 1.54) is 5.56 Å². The van der Waals surface area contributed by atoms with E-state index in [0.717, 1.165) is 16.7 Å². The molecule has 2 amide bonds. The molecule has 28 heavy (non-hydrogen) atoms. The van der Waals surface area contributed by atoms with Crippen LogP contribution in [0, 0.1) is 13.8 Å². The van der Waals surface area contributed by atoms with E-state index in [1.807, 2.05) is 64.1 Å². The maximum atomic E-state index is 13.1. The van der Waals surface area contributed by atoms with Crippen LogP contribution in [0.15, 0.2) is 42.5 Å². The first-order valence-corrected chi connectivity index (χ1v) is 9.95. The van der Waals surface area contributed by atoms with Gasteiger partial charge in [0.25, 0.3) is 0 Å². The molecular formula is C23H29ClN2O2. The van der Waals surface area contributed by atoms with E-state index in [1.54, 1.807) is 17.9 Å². The molecule has 2 aromatic carbocycles. The number of benzene rings is 2. The van der Waals surface area contributed by atoms with Crippen molar-refractivity contribution >= 4 is 23.4 Å². The van der Waals surface area contributed by atoms with E-state index in [2.05, 4.69) is 5.32 Å². The summed E-state index contributed by atoms with van der Waals surface area (Å²) in [6.45, 7) is 9.99. The van der Waals surface area contributed by atoms with E-state index >= 15 is 0 Å². The van der Waals surface area contributed by atoms with Crippen LogP contribution in [0.4, 0.5) is 0 Å². The Morgan fingerprint density at radius 2 is 1.71 bits per heavy atom. The molecule has 2 rings (SSSR count). The lowest BCUT2D eigenvalue weighted by Crippen LogP contribution is -2.49. The zero-order valence-corrected chi connectivity index (χ0v) is 18.0. The number of halogens is 1. The molecule has 0 bridgehead atoms. The third-order valence-electron chi connectivity index (χ3n) is 4.77. The standard InChI is InChI=1S/C23H29ClN2O2/c1-15(2)25-23(28)18(5)26(14-20-7-6-8-21(24)12-20)22(27)13-19-10-9-16(3)17(4)11-19/h6-12,15,18H,13-14H2,1-5H3,(H,25,28)/t18-/m0/s1. The van der Waals surface area contributed by atoms with Crippen molar-refractivity contribution in [2.75, 3.05) is 0 Å². The van der Waals surface area contributed by atoms with Gasteiger partial charge in [0.15, 0.2) is 0 Å². The fourth-order valence-electron chi connectivity index (χ4n) is 3.01. The van der Waals surface area contributed by atoms with E-state index in [9.17, 15) is 9.59 Å². The Bertz CT molecular complexity index is 848. The molecule has 0 fully saturated rings. The fourth-order valence-corrected chi connectivity index (χ4v) is 3.22. The van der Waals surface area contributed by atoms with Crippen molar-refractivity contribution in [2.45, 2.75) is 59.7 Å². The Morgan fingerprint density at radius 1 is 1.00 bits per heavy atom. The zero-order valence-electron chi connectivity index (χ0n) is 17.3. The predicted molar refractivity (Wildman–Crippen MR) is 114 cm³/mol. The van der Waals surface area contributed by atoms with Crippen LogP contribution in [0.2, 0.25) is 5.02 Å². The molecule has 4 nitrogen and oxygen atoms in total. The van der Waals surface area contributed by atoms with Gasteiger partial charge in [0.05, 0.1) is 6.42 Å². The minimum atomic E-state index is -0.583. The Labute approximate surface area is 172 Å². The lowest BCUT2D eigenvalue weighted by Gasteiger charge is -2.29. The smallest absolute Gasteiger partial charge is 0.242 e. The molecule has 1 atom stereocenters. The molecule has 0 aromatic heterocycles. The van der Waals surface area contributed by atoms with Crippen LogP contribution in [0.1, 0.15) is 43.0 Å². The van der Waals surface area contributed by atoms with Gasteiger partial charge in [-0.2, -0.15) is 0 Å². The van der Waals surface area contributed by atoms with Gasteiger partial charge in [-0.1, -0.05) is 41.9 Å². The summed E-state index contributed by atoms with van der Waals surface area (Å²) in [4.78, 5) is 27.3. The number of nitrogens with zero attached hydrogens (tertiary/aromatic N) is 1. The third kappa shape index (κ3) is 6.10. The van der Waals surface area contributed by atoms with Gasteiger partial charge in [-0.3, -0.25) is 9.59 Å². The molecule has 0 aliphatic heterocycles. The van der Waals surface area contributed by atoms with Gasteiger partial charge >= 0.3 is 0 Å². The van der Waals surface area contributed by atoms with Crippen LogP contribution in [-0.4, -0.2) is 28.8 Å². The number of nitrogens with one attached hydrogen (secondary N) is 1. The van der Waals surface area contributed by atoms with Crippen molar-refractivity contribution < 1.29 is 9.59 Å². The molecule has 0 aliphatic carbocycles. The highest BCUT2D eigenvalue weighted by Crippen LogP contribution is 2.17. The minimum Gasteiger partial charge on any atom is -0.352 e. The number of carbonyl (C=O) groups excluding carboxylic acids is 2. The highest BCUT2D eigenvalue weighted by atomic mass is 35.5. The highest BCUT2D eigenvalue weighted by molar-refractivity contribution is 6.30. The van der Waals surface area contributed by atoms with Crippen LogP contribution in [-0.2, 0) is 22.6 Å². The lowest BCUT2D eigenvalue weighted by molar-refractivity contribution is -0.140. The van der Waals surface area contributed by atoms with Crippen molar-refractivity contribution in [1.82, 2.24) is 10.2 Å². The Morgan fingerprint density at radius 3 is 2.32 bits per heavy atom. The van der Waals surface area contributed by atoms with Gasteiger partial charge in [-0.05, 0) is 69.0 Å². The number of hydrogen-bond acceptors (Lipinski definition) is 2. The summed E-state index contributed by atoms with van der Waals surface area (Å²) < 4.78 is 0. The first-order chi connectivity index (χ1) is 13.2. The predicted octanol–water partition coefficient (Wildman–Crippen LogP) is 4.44. The van der Waals surface area contributed by atoms with Crippen LogP contribution < -0.4 is 5.32 Å². The van der Waals surface area contributed by atoms with Gasteiger partial charge in [0.2, 0.25) is 11.8 Å². The Balaban J connectivity index is 2.26. The average Bonchev–Trinajstić information content (AvgIpc) is 2.61. The van der Waals surface area contributed by atoms with E-state index in [0.29, 0.717) is 11.6 Å². The average molecular weight is 401 g/mol. The summed E-state index contributed by atoms with van der Waals surface area (Å²) in [7, 11) is 0. The molecule has 0 saturated carbocycles. The van der Waals surface area contributed by atoms with Crippen molar-refractivity contribution in [3.63, 3.8) is 0 Å². The van der Waals surface area contributed by atoms with Crippen molar-refractivity contribution in [3.05, 3.63) is 69.7 Å². The molecule has 0 aliphatic rings. The second-order valence-corrected chi connectivity index (χ2v) is 8.02. The summed E-state index contributed by atoms with van der Waals surface area (Å²) in [5.74, 6) is -0.250. The first kappa shape index (κ1) is 22.0. The molecule has 2 aromatic rings. The normalized spacial score (nSPS) is 12.0. The quantitative estimate of drug-likeness (QED) is 0.746. The van der Waals surface area contributed by atoms with Gasteiger partial charge in [0, 0.05) is 17.6 Å². The fraction of sp³-hybridized carbons (Fsp3) is 0.391. The molecule has 5 heteroatoms. The van der Waals surface area contributed by atoms with Crippen LogP contribution in [0.5, 0.6) is 0 Å². The van der Waals surface area contributed by atoms with E-state index in [-0.39, 0.29) is 24.3 Å². The maximum absolute atomic E-state index is 13.1. The van der Waals surface area contributed by atoms with Crippen molar-refractivity contribution in [2.24, 2.45) is 0 Å². The molecular weight excluding hydrogens is 372 g/mol. The van der Waals surface area contributed by atoms with Gasteiger partial charge in [-0.25, -0.2) is 0 Å². The van der Waals surface area contributed by atoms with Crippen LogP contribution in [0.25, 0.3) is 0 Å². The number of rotatable bonds is 7. The number of aryl methyl sites for hydroxylation is 2. The number of hydrogen-bond donors (Lipinski definition) is 1. The summed E-state index contributed by atoms with van der Waals surface area (Å²) in [5.41, 5.74) is 4.18. The molecule has 0 spiro atoms. The van der Waals surface area contributed by atoms with E-state index < -0.39 is 6.04 Å². The van der Waals surface area contributed by atoms with Gasteiger partial charge < -0.3 is 10.2 Å². The second kappa shape index (κ2) is 9.74. The van der Waals surface area contributed by atoms with Gasteiger partial charge in [-0.15, -0.1) is 0 Å². The Kier molecular flexibility index (Phi) is 7.64. The summed E-state index contributed by atoms with van der Waals surface area (Å²) in [6, 6.07) is 12.8. The summed E-state index contributed by atoms with van der Waals surface area (Å²) in [6.07, 6.45) is 0.251. The van der Waals surface area contributed by atoms with Crippen molar-refractivity contribution in [1.29, 1.82) is 0 Å². The second-order valence-electron chi connectivity index (χ2n) is 7.59. The molecule has 0 saturated heterocycles. The van der Waals surface area contributed by atoms with Crippen LogP contribution in [0.3, 0.4) is 0 Å². The SMILES string of the molecule is Cc1ccc(CC(=O)N(Cc2cccc(Cl)c2)[C@@H](C)C(=O)NC(C)C)cc1C. The molecule has 1 N–H and O–H groups in total. The lowest BCUT2D eigenvalue weighted by atomic mass is 10.0. The molecule has 0 unspecified atom stereocenters. The first-order valence-electron chi connectivity index (χ1n) is 9.57. The molecule has 150 valence electrons. The summed E-state index contributed by atoms with van der Waals surface area (Å²) in [5, 5.41) is 3.51.